The molecule has 246 valence electrons. The van der Waals surface area contributed by atoms with Crippen molar-refractivity contribution in [2.45, 2.75) is 83.4 Å². The van der Waals surface area contributed by atoms with Gasteiger partial charge in [0.1, 0.15) is 22.3 Å². The number of ether oxygens (including phenoxy) is 1. The Bertz CT molecular complexity index is 2080. The summed E-state index contributed by atoms with van der Waals surface area (Å²) in [4.78, 5) is 12.7. The molecule has 10 nitrogen and oxygen atoms in total. The summed E-state index contributed by atoms with van der Waals surface area (Å²) in [6.07, 6.45) is 1.86. The number of fused-ring (bicyclic) bond motifs is 2. The van der Waals surface area contributed by atoms with Crippen LogP contribution >= 0.6 is 0 Å². The maximum absolute atomic E-state index is 14.0. The molecule has 1 aliphatic heterocycles. The minimum Gasteiger partial charge on any atom is -0.488 e. The molecule has 1 amide bonds. The lowest BCUT2D eigenvalue weighted by atomic mass is 9.66. The van der Waals surface area contributed by atoms with Gasteiger partial charge in [0, 0.05) is 30.0 Å². The van der Waals surface area contributed by atoms with Crippen LogP contribution in [0.3, 0.4) is 0 Å². The van der Waals surface area contributed by atoms with Crippen molar-refractivity contribution >= 4 is 27.0 Å². The molecule has 0 unspecified atom stereocenters. The zero-order valence-electron chi connectivity index (χ0n) is 27.6. The Balaban J connectivity index is 1.51. The maximum atomic E-state index is 14.0. The summed E-state index contributed by atoms with van der Waals surface area (Å²) in [5, 5.41) is 8.88. The van der Waals surface area contributed by atoms with E-state index in [0.29, 0.717) is 24.3 Å². The highest BCUT2D eigenvalue weighted by molar-refractivity contribution is 7.89. The van der Waals surface area contributed by atoms with E-state index in [0.717, 1.165) is 38.9 Å². The van der Waals surface area contributed by atoms with Crippen LogP contribution in [0.4, 0.5) is 0 Å². The van der Waals surface area contributed by atoms with Crippen molar-refractivity contribution in [1.29, 1.82) is 0 Å². The quantitative estimate of drug-likeness (QED) is 0.199. The molecular formula is C36H41N5O5S. The van der Waals surface area contributed by atoms with Crippen LogP contribution in [0.5, 0.6) is 5.75 Å². The van der Waals surface area contributed by atoms with E-state index in [1.807, 2.05) is 44.5 Å². The first-order valence-electron chi connectivity index (χ1n) is 15.9. The third-order valence-electron chi connectivity index (χ3n) is 9.57. The zero-order valence-corrected chi connectivity index (χ0v) is 28.5. The number of aryl methyl sites for hydroxylation is 3. The van der Waals surface area contributed by atoms with Crippen molar-refractivity contribution < 1.29 is 22.4 Å². The molecule has 3 aromatic carbocycles. The Morgan fingerprint density at radius 1 is 1.09 bits per heavy atom. The largest absolute Gasteiger partial charge is 0.488 e. The number of aromatic nitrogens is 3. The number of furan rings is 1. The van der Waals surface area contributed by atoms with E-state index in [9.17, 15) is 13.2 Å². The minimum absolute atomic E-state index is 0.114. The lowest BCUT2D eigenvalue weighted by Crippen LogP contribution is -2.36. The summed E-state index contributed by atoms with van der Waals surface area (Å²) in [5.41, 5.74) is 12.3. The Kier molecular flexibility index (Phi) is 8.48. The molecular weight excluding hydrogens is 614 g/mol. The van der Waals surface area contributed by atoms with Gasteiger partial charge in [-0.05, 0) is 79.3 Å². The maximum Gasteiger partial charge on any atom is 0.284 e. The Hall–Kier alpha value is -4.48. The van der Waals surface area contributed by atoms with Crippen LogP contribution in [0.25, 0.3) is 11.0 Å². The van der Waals surface area contributed by atoms with E-state index in [1.54, 1.807) is 30.3 Å². The first-order valence-corrected chi connectivity index (χ1v) is 17.4. The summed E-state index contributed by atoms with van der Waals surface area (Å²) >= 11 is 0. The predicted molar refractivity (Wildman–Crippen MR) is 180 cm³/mol. The monoisotopic (exact) mass is 655 g/mol. The molecule has 0 radical (unpaired) electrons. The van der Waals surface area contributed by atoms with Gasteiger partial charge in [0.25, 0.3) is 5.91 Å². The fraction of sp³-hybridized carbons (Fsp3) is 0.361. The molecule has 0 fully saturated rings. The molecule has 0 saturated carbocycles. The Morgan fingerprint density at radius 2 is 1.85 bits per heavy atom. The number of sulfonamides is 1. The van der Waals surface area contributed by atoms with Crippen molar-refractivity contribution in [3.05, 3.63) is 106 Å². The van der Waals surface area contributed by atoms with Gasteiger partial charge in [-0.3, -0.25) is 4.79 Å². The van der Waals surface area contributed by atoms with Gasteiger partial charge in [0.05, 0.1) is 18.3 Å². The third-order valence-corrected chi connectivity index (χ3v) is 11.4. The number of carbonyl (C=O) groups excluding carboxylic acids is 1. The van der Waals surface area contributed by atoms with Gasteiger partial charge in [0.2, 0.25) is 10.0 Å². The van der Waals surface area contributed by atoms with Gasteiger partial charge in [-0.15, -0.1) is 5.10 Å². The lowest BCUT2D eigenvalue weighted by Gasteiger charge is -2.36. The normalized spacial score (nSPS) is 17.2. The van der Waals surface area contributed by atoms with Gasteiger partial charge in [-0.1, -0.05) is 62.4 Å². The van der Waals surface area contributed by atoms with E-state index in [-0.39, 0.29) is 35.8 Å². The number of hydrogen-bond acceptors (Lipinski definition) is 7. The number of nitrogens with two attached hydrogens (primary N) is 1. The van der Waals surface area contributed by atoms with E-state index in [1.165, 1.54) is 10.6 Å². The van der Waals surface area contributed by atoms with Crippen LogP contribution in [0, 0.1) is 13.8 Å². The van der Waals surface area contributed by atoms with Crippen molar-refractivity contribution in [2.75, 3.05) is 6.54 Å². The number of rotatable bonds is 9. The van der Waals surface area contributed by atoms with Crippen LogP contribution < -0.4 is 10.5 Å². The van der Waals surface area contributed by atoms with Crippen LogP contribution in [-0.2, 0) is 28.5 Å². The highest BCUT2D eigenvalue weighted by atomic mass is 32.2. The highest BCUT2D eigenvalue weighted by Crippen LogP contribution is 2.47. The Morgan fingerprint density at radius 3 is 2.57 bits per heavy atom. The lowest BCUT2D eigenvalue weighted by molar-refractivity contribution is 0.0970. The molecule has 3 heterocycles. The van der Waals surface area contributed by atoms with Gasteiger partial charge >= 0.3 is 0 Å². The number of para-hydroxylation sites is 1. The second kappa shape index (κ2) is 12.3. The zero-order chi connectivity index (χ0) is 33.7. The number of primary amides is 1. The van der Waals surface area contributed by atoms with Gasteiger partial charge in [0.15, 0.2) is 5.76 Å². The molecule has 11 heteroatoms. The second-order valence-electron chi connectivity index (χ2n) is 12.8. The molecule has 1 aliphatic rings. The highest BCUT2D eigenvalue weighted by Gasteiger charge is 2.40. The van der Waals surface area contributed by atoms with E-state index in [2.05, 4.69) is 42.4 Å². The second-order valence-corrected chi connectivity index (χ2v) is 14.7. The number of hydrogen-bond donors (Lipinski definition) is 1. The fourth-order valence-electron chi connectivity index (χ4n) is 6.91. The predicted octanol–water partition coefficient (Wildman–Crippen LogP) is 6.23. The Labute approximate surface area is 275 Å². The summed E-state index contributed by atoms with van der Waals surface area (Å²) < 4.78 is 43.2. The summed E-state index contributed by atoms with van der Waals surface area (Å²) in [6, 6.07) is 19.0. The van der Waals surface area contributed by atoms with E-state index in [4.69, 9.17) is 14.9 Å². The number of benzene rings is 3. The molecule has 2 atom stereocenters. The SMILES string of the molecule is CC[C@@H]1CN(Cc2cc([C@H](c3ccc4c(nnn4CC)c3C)C(C)(C)c3ccoc3C(N)=O)ccc2C)S(=O)(=O)c2ccccc2O1. The molecule has 47 heavy (non-hydrogen) atoms. The number of carbonyl (C=O) groups is 1. The van der Waals surface area contributed by atoms with E-state index >= 15 is 0 Å². The van der Waals surface area contributed by atoms with E-state index < -0.39 is 21.3 Å². The van der Waals surface area contributed by atoms with Gasteiger partial charge in [-0.25, -0.2) is 13.1 Å². The molecule has 0 spiro atoms. The van der Waals surface area contributed by atoms with Crippen LogP contribution in [0.2, 0.25) is 0 Å². The van der Waals surface area contributed by atoms with Crippen molar-refractivity contribution in [1.82, 2.24) is 19.3 Å². The summed E-state index contributed by atoms with van der Waals surface area (Å²) in [5.74, 6) is -0.450. The number of nitrogens with zero attached hydrogens (tertiary/aromatic N) is 4. The third kappa shape index (κ3) is 5.61. The number of amides is 1. The fourth-order valence-corrected chi connectivity index (χ4v) is 8.48. The molecule has 2 aromatic heterocycles. The molecule has 0 bridgehead atoms. The summed E-state index contributed by atoms with van der Waals surface area (Å²) in [7, 11) is -3.85. The average Bonchev–Trinajstić information content (AvgIpc) is 3.70. The molecule has 6 rings (SSSR count). The van der Waals surface area contributed by atoms with Crippen LogP contribution in [0.15, 0.2) is 76.2 Å². The van der Waals surface area contributed by atoms with Crippen molar-refractivity contribution in [3.63, 3.8) is 0 Å². The molecule has 0 aliphatic carbocycles. The smallest absolute Gasteiger partial charge is 0.284 e. The molecule has 0 saturated heterocycles. The van der Waals surface area contributed by atoms with Gasteiger partial charge < -0.3 is 14.9 Å². The van der Waals surface area contributed by atoms with Crippen LogP contribution in [0.1, 0.15) is 84.0 Å². The minimum atomic E-state index is -3.85. The van der Waals surface area contributed by atoms with Gasteiger partial charge in [-0.2, -0.15) is 4.31 Å². The summed E-state index contributed by atoms with van der Waals surface area (Å²) in [6.45, 7) is 13.3. The first-order chi connectivity index (χ1) is 22.4. The van der Waals surface area contributed by atoms with Crippen molar-refractivity contribution in [2.24, 2.45) is 5.73 Å². The topological polar surface area (TPSA) is 134 Å². The standard InChI is InChI=1S/C36H41N5O5S/c1-7-26-21-40(47(43,44)31-12-10-9-11-30(31)46-26)20-25-19-24(14-13-22(25)3)32(36(5,6)28-17-18-45-34(28)35(37)42)27-15-16-29-33(23(27)4)38-39-41(29)8-2/h9-19,26,32H,7-8,20-21H2,1-6H3,(H2,37,42)/t26-,32-/m1/s1. The first kappa shape index (κ1) is 32.5. The molecule has 5 aromatic rings. The average molecular weight is 656 g/mol. The van der Waals surface area contributed by atoms with Crippen molar-refractivity contribution in [3.8, 4) is 5.75 Å². The molecule has 2 N–H and O–H groups in total. The van der Waals surface area contributed by atoms with Crippen LogP contribution in [-0.4, -0.2) is 46.3 Å².